The molecule has 0 aromatic heterocycles. The molecule has 2 N–H and O–H groups in total. The van der Waals surface area contributed by atoms with Gasteiger partial charge in [-0.05, 0) is 129 Å². The van der Waals surface area contributed by atoms with Crippen LogP contribution in [-0.2, 0) is 14.2 Å². The van der Waals surface area contributed by atoms with Gasteiger partial charge in [0.2, 0.25) is 0 Å². The second-order valence-electron chi connectivity index (χ2n) is 17.8. The molecule has 11 atom stereocenters. The molecule has 5 nitrogen and oxygen atoms in total. The molecule has 5 fully saturated rings. The zero-order valence-electron chi connectivity index (χ0n) is 29.3. The highest BCUT2D eigenvalue weighted by Gasteiger charge is 2.77. The predicted octanol–water partition coefficient (Wildman–Crippen LogP) is 8.58. The van der Waals surface area contributed by atoms with E-state index in [4.69, 9.17) is 19.9 Å². The summed E-state index contributed by atoms with van der Waals surface area (Å²) in [6.07, 6.45) is 10.3. The molecular weight excluding hydrogens is 558 g/mol. The molecule has 7 rings (SSSR count). The number of fused-ring (bicyclic) bond motifs is 4. The van der Waals surface area contributed by atoms with Gasteiger partial charge in [-0.1, -0.05) is 65.0 Å². The highest BCUT2D eigenvalue weighted by atomic mass is 16.7. The number of rotatable bonds is 3. The number of benzene rings is 1. The highest BCUT2D eigenvalue weighted by Crippen LogP contribution is 2.78. The lowest BCUT2D eigenvalue weighted by atomic mass is 9.31. The Labute approximate surface area is 271 Å². The van der Waals surface area contributed by atoms with Gasteiger partial charge in [-0.3, -0.25) is 0 Å². The minimum Gasteiger partial charge on any atom is -0.465 e. The molecule has 5 heteroatoms. The molecule has 1 aliphatic heterocycles. The van der Waals surface area contributed by atoms with E-state index in [0.717, 1.165) is 32.1 Å². The SMILES string of the molecule is C=C(C)[C@@H]1CCC2(N)C[C@@H]3OC(C)(C)OC4CC5C(C)(C)C(c6ccc(C(=O)OC)cc6)=CCC5(C)C5CCC([C@@H]12)[C@]3(C)C45C. The number of nitrogens with two attached hydrogens (primary N) is 1. The number of carbonyl (C=O) groups is 1. The number of hydrogen-bond donors (Lipinski definition) is 1. The van der Waals surface area contributed by atoms with Gasteiger partial charge in [0.25, 0.3) is 0 Å². The van der Waals surface area contributed by atoms with Crippen molar-refractivity contribution in [2.75, 3.05) is 7.11 Å². The Kier molecular flexibility index (Phi) is 6.89. The summed E-state index contributed by atoms with van der Waals surface area (Å²) in [5, 5.41) is 0. The van der Waals surface area contributed by atoms with Crippen LogP contribution in [0.25, 0.3) is 5.57 Å². The average Bonchev–Trinajstić information content (AvgIpc) is 3.28. The van der Waals surface area contributed by atoms with Crippen molar-refractivity contribution in [3.05, 3.63) is 53.6 Å². The maximum absolute atomic E-state index is 12.2. The Hall–Kier alpha value is -1.95. The molecule has 1 saturated heterocycles. The molecule has 6 aliphatic rings. The van der Waals surface area contributed by atoms with Crippen molar-refractivity contribution in [1.82, 2.24) is 0 Å². The fourth-order valence-corrected chi connectivity index (χ4v) is 13.2. The molecule has 5 aliphatic carbocycles. The summed E-state index contributed by atoms with van der Waals surface area (Å²) in [5.74, 6) is 1.40. The zero-order chi connectivity index (χ0) is 32.5. The fraction of sp³-hybridized carbons (Fsp3) is 0.725. The van der Waals surface area contributed by atoms with Crippen LogP contribution >= 0.6 is 0 Å². The van der Waals surface area contributed by atoms with Gasteiger partial charge in [0, 0.05) is 16.4 Å². The van der Waals surface area contributed by atoms with E-state index in [1.54, 1.807) is 0 Å². The molecule has 0 spiro atoms. The van der Waals surface area contributed by atoms with Crippen LogP contribution in [0.2, 0.25) is 0 Å². The maximum Gasteiger partial charge on any atom is 0.337 e. The van der Waals surface area contributed by atoms with Crippen LogP contribution in [0, 0.1) is 51.2 Å². The van der Waals surface area contributed by atoms with Crippen molar-refractivity contribution in [2.24, 2.45) is 57.0 Å². The molecule has 0 amide bonds. The normalized spacial score (nSPS) is 47.3. The first-order valence-electron chi connectivity index (χ1n) is 17.6. The first-order chi connectivity index (χ1) is 20.9. The Morgan fingerprint density at radius 2 is 1.60 bits per heavy atom. The topological polar surface area (TPSA) is 70.8 Å². The first kappa shape index (κ1) is 31.6. The number of methoxy groups -OCH3 is 1. The third-order valence-electron chi connectivity index (χ3n) is 15.2. The lowest BCUT2D eigenvalue weighted by Crippen LogP contribution is -2.74. The quantitative estimate of drug-likeness (QED) is 0.272. The minimum atomic E-state index is -0.682. The molecule has 0 radical (unpaired) electrons. The van der Waals surface area contributed by atoms with Crippen molar-refractivity contribution in [3.63, 3.8) is 0 Å². The van der Waals surface area contributed by atoms with Crippen LogP contribution in [0.15, 0.2) is 42.5 Å². The van der Waals surface area contributed by atoms with E-state index in [9.17, 15) is 4.79 Å². The first-order valence-corrected chi connectivity index (χ1v) is 17.6. The molecule has 1 heterocycles. The third-order valence-corrected chi connectivity index (χ3v) is 15.2. The Bertz CT molecular complexity index is 1440. The largest absolute Gasteiger partial charge is 0.465 e. The molecule has 4 saturated carbocycles. The van der Waals surface area contributed by atoms with Crippen molar-refractivity contribution in [3.8, 4) is 0 Å². The van der Waals surface area contributed by atoms with Crippen molar-refractivity contribution >= 4 is 11.5 Å². The molecule has 246 valence electrons. The van der Waals surface area contributed by atoms with E-state index >= 15 is 0 Å². The Balaban J connectivity index is 1.34. The summed E-state index contributed by atoms with van der Waals surface area (Å²) >= 11 is 0. The van der Waals surface area contributed by atoms with E-state index in [1.165, 1.54) is 36.7 Å². The second kappa shape index (κ2) is 9.80. The van der Waals surface area contributed by atoms with Gasteiger partial charge >= 0.3 is 5.97 Å². The molecular formula is C40H57NO4. The zero-order valence-corrected chi connectivity index (χ0v) is 29.3. The van der Waals surface area contributed by atoms with E-state index in [1.807, 2.05) is 12.1 Å². The summed E-state index contributed by atoms with van der Waals surface area (Å²) in [5.41, 5.74) is 11.7. The molecule has 7 unspecified atom stereocenters. The van der Waals surface area contributed by atoms with Gasteiger partial charge in [-0.2, -0.15) is 0 Å². The van der Waals surface area contributed by atoms with Gasteiger partial charge in [-0.25, -0.2) is 4.79 Å². The van der Waals surface area contributed by atoms with Gasteiger partial charge in [0.05, 0.1) is 24.9 Å². The van der Waals surface area contributed by atoms with Crippen LogP contribution in [0.1, 0.15) is 116 Å². The number of esters is 1. The molecule has 1 aromatic carbocycles. The van der Waals surface area contributed by atoms with E-state index in [2.05, 4.69) is 80.2 Å². The van der Waals surface area contributed by atoms with Crippen molar-refractivity contribution in [2.45, 2.75) is 124 Å². The summed E-state index contributed by atoms with van der Waals surface area (Å²) in [6, 6.07) is 8.02. The lowest BCUT2D eigenvalue weighted by molar-refractivity contribution is -0.274. The summed E-state index contributed by atoms with van der Waals surface area (Å²) in [7, 11) is 1.44. The van der Waals surface area contributed by atoms with Crippen molar-refractivity contribution in [1.29, 1.82) is 0 Å². The monoisotopic (exact) mass is 615 g/mol. The summed E-state index contributed by atoms with van der Waals surface area (Å²) in [4.78, 5) is 12.2. The number of hydrogen-bond acceptors (Lipinski definition) is 5. The van der Waals surface area contributed by atoms with E-state index in [0.29, 0.717) is 35.2 Å². The predicted molar refractivity (Wildman–Crippen MR) is 179 cm³/mol. The maximum atomic E-state index is 12.2. The van der Waals surface area contributed by atoms with Gasteiger partial charge in [-0.15, -0.1) is 0 Å². The average molecular weight is 616 g/mol. The third kappa shape index (κ3) is 4.05. The van der Waals surface area contributed by atoms with Gasteiger partial charge in [0.1, 0.15) is 0 Å². The van der Waals surface area contributed by atoms with Crippen LogP contribution in [-0.4, -0.2) is 36.6 Å². The minimum absolute atomic E-state index is 0.0489. The molecule has 0 bridgehead atoms. The van der Waals surface area contributed by atoms with Crippen LogP contribution in [0.3, 0.4) is 0 Å². The van der Waals surface area contributed by atoms with E-state index < -0.39 is 5.79 Å². The van der Waals surface area contributed by atoms with Crippen molar-refractivity contribution < 1.29 is 19.0 Å². The number of ether oxygens (including phenoxy) is 3. The van der Waals surface area contributed by atoms with Gasteiger partial charge < -0.3 is 19.9 Å². The van der Waals surface area contributed by atoms with Crippen LogP contribution < -0.4 is 5.73 Å². The molecule has 1 aromatic rings. The Morgan fingerprint density at radius 1 is 0.933 bits per heavy atom. The van der Waals surface area contributed by atoms with Crippen LogP contribution in [0.5, 0.6) is 0 Å². The van der Waals surface area contributed by atoms with Gasteiger partial charge in [0.15, 0.2) is 5.79 Å². The number of allylic oxidation sites excluding steroid dienone is 3. The second-order valence-corrected chi connectivity index (χ2v) is 17.8. The summed E-state index contributed by atoms with van der Waals surface area (Å²) < 4.78 is 19.4. The summed E-state index contributed by atoms with van der Waals surface area (Å²) in [6.45, 7) is 23.7. The molecule has 45 heavy (non-hydrogen) atoms. The lowest BCUT2D eigenvalue weighted by Gasteiger charge is -2.74. The number of carbonyl (C=O) groups excluding carboxylic acids is 1. The van der Waals surface area contributed by atoms with E-state index in [-0.39, 0.29) is 45.4 Å². The Morgan fingerprint density at radius 3 is 2.24 bits per heavy atom. The fourth-order valence-electron chi connectivity index (χ4n) is 13.2. The highest BCUT2D eigenvalue weighted by molar-refractivity contribution is 5.89. The van der Waals surface area contributed by atoms with Crippen LogP contribution in [0.4, 0.5) is 0 Å². The smallest absolute Gasteiger partial charge is 0.337 e. The standard InChI is InChI=1S/C40H57NO4/c1-23(2)26-17-20-40(41)22-32-38(8)28(33(26)40)15-16-29-37(7)19-18-27(24-11-13-25(14-12-24)34(42)43-10)35(3,4)30(37)21-31(39(29,38)9)44-36(5,6)45-32/h11-14,18,26,28-33H,1,15-17,19-22,41H2,2-10H3/t26-,28?,29?,30?,31?,32-,33+,37?,38-,39?,40?/m0/s1.